The molecule has 0 aliphatic carbocycles. The van der Waals surface area contributed by atoms with Crippen molar-refractivity contribution >= 4 is 22.7 Å². The molecule has 0 spiro atoms. The number of benzene rings is 1. The maximum atomic E-state index is 5.53. The second-order valence-electron chi connectivity index (χ2n) is 6.89. The van der Waals surface area contributed by atoms with Crippen LogP contribution < -0.4 is 9.80 Å². The minimum absolute atomic E-state index is 0.524. The van der Waals surface area contributed by atoms with Crippen LogP contribution in [0.25, 0.3) is 22.4 Å². The van der Waals surface area contributed by atoms with Gasteiger partial charge in [0.1, 0.15) is 29.0 Å². The van der Waals surface area contributed by atoms with Gasteiger partial charge in [-0.15, -0.1) is 0 Å². The topological polar surface area (TPSA) is 71.2 Å². The average Bonchev–Trinajstić information content (AvgIpc) is 3.19. The van der Waals surface area contributed by atoms with E-state index in [0.717, 1.165) is 60.0 Å². The fraction of sp³-hybridized carbons (Fsp3) is 0.238. The van der Waals surface area contributed by atoms with Crippen molar-refractivity contribution in [3.63, 3.8) is 0 Å². The highest BCUT2D eigenvalue weighted by Gasteiger charge is 2.25. The summed E-state index contributed by atoms with van der Waals surface area (Å²) in [5.74, 6) is 1.89. The highest BCUT2D eigenvalue weighted by Crippen LogP contribution is 2.34. The number of rotatable bonds is 3. The molecule has 0 radical (unpaired) electrons. The molecule has 0 saturated carbocycles. The molecular formula is C21H20N6O. The zero-order valence-electron chi connectivity index (χ0n) is 15.6. The number of aromatic nitrogens is 4. The van der Waals surface area contributed by atoms with Crippen LogP contribution in [0.3, 0.4) is 0 Å². The molecule has 7 heteroatoms. The second kappa shape index (κ2) is 6.92. The van der Waals surface area contributed by atoms with Crippen LogP contribution in [0.1, 0.15) is 5.56 Å². The lowest BCUT2D eigenvalue weighted by Gasteiger charge is -2.36. The van der Waals surface area contributed by atoms with Gasteiger partial charge in [-0.25, -0.2) is 9.97 Å². The first-order valence-corrected chi connectivity index (χ1v) is 9.38. The van der Waals surface area contributed by atoms with Gasteiger partial charge in [-0.05, 0) is 24.6 Å². The van der Waals surface area contributed by atoms with Gasteiger partial charge < -0.3 is 14.3 Å². The molecule has 28 heavy (non-hydrogen) atoms. The fourth-order valence-corrected chi connectivity index (χ4v) is 3.72. The van der Waals surface area contributed by atoms with E-state index in [0.29, 0.717) is 5.71 Å². The first kappa shape index (κ1) is 16.7. The van der Waals surface area contributed by atoms with Gasteiger partial charge in [-0.3, -0.25) is 0 Å². The van der Waals surface area contributed by atoms with Gasteiger partial charge in [0, 0.05) is 37.9 Å². The molecule has 0 bridgehead atoms. The van der Waals surface area contributed by atoms with Crippen LogP contribution in [0.15, 0.2) is 59.5 Å². The summed E-state index contributed by atoms with van der Waals surface area (Å²) in [6.45, 7) is 5.54. The molecule has 1 aliphatic rings. The molecule has 7 nitrogen and oxygen atoms in total. The molecule has 3 aromatic heterocycles. The van der Waals surface area contributed by atoms with E-state index in [9.17, 15) is 0 Å². The Morgan fingerprint density at radius 3 is 2.43 bits per heavy atom. The molecule has 4 aromatic rings. The summed E-state index contributed by atoms with van der Waals surface area (Å²) in [6.07, 6.45) is 3.39. The first-order valence-electron chi connectivity index (χ1n) is 9.38. The van der Waals surface area contributed by atoms with Crippen molar-refractivity contribution in [2.75, 3.05) is 36.0 Å². The zero-order chi connectivity index (χ0) is 18.9. The molecular weight excluding hydrogens is 352 g/mol. The van der Waals surface area contributed by atoms with Crippen LogP contribution in [0.2, 0.25) is 0 Å². The number of pyridine rings is 1. The third kappa shape index (κ3) is 2.85. The van der Waals surface area contributed by atoms with Crippen molar-refractivity contribution in [1.29, 1.82) is 0 Å². The van der Waals surface area contributed by atoms with Gasteiger partial charge in [-0.2, -0.15) is 4.98 Å². The van der Waals surface area contributed by atoms with Crippen LogP contribution in [0.5, 0.6) is 0 Å². The monoisotopic (exact) mass is 372 g/mol. The molecule has 0 amide bonds. The standard InChI is InChI=1S/C21H20N6O/c1-15-6-2-3-7-16(15)19-18-20(23-14-24-21(18)28-25-19)27-12-10-26(11-13-27)17-8-4-5-9-22-17/h2-9,14H,10-13H2,1H3. The molecule has 4 heterocycles. The number of anilines is 2. The van der Waals surface area contributed by atoms with Crippen LogP contribution in [0.4, 0.5) is 11.6 Å². The Balaban J connectivity index is 1.49. The largest absolute Gasteiger partial charge is 0.353 e. The van der Waals surface area contributed by atoms with Gasteiger partial charge >= 0.3 is 0 Å². The Morgan fingerprint density at radius 1 is 0.857 bits per heavy atom. The van der Waals surface area contributed by atoms with E-state index in [-0.39, 0.29) is 0 Å². The highest BCUT2D eigenvalue weighted by atomic mass is 16.5. The maximum Gasteiger partial charge on any atom is 0.263 e. The lowest BCUT2D eigenvalue weighted by atomic mass is 10.0. The van der Waals surface area contributed by atoms with Crippen molar-refractivity contribution in [2.24, 2.45) is 0 Å². The lowest BCUT2D eigenvalue weighted by Crippen LogP contribution is -2.47. The minimum atomic E-state index is 0.524. The van der Waals surface area contributed by atoms with Crippen LogP contribution >= 0.6 is 0 Å². The third-order valence-corrected chi connectivity index (χ3v) is 5.21. The predicted molar refractivity (Wildman–Crippen MR) is 108 cm³/mol. The molecule has 1 aromatic carbocycles. The maximum absolute atomic E-state index is 5.53. The lowest BCUT2D eigenvalue weighted by molar-refractivity contribution is 0.451. The van der Waals surface area contributed by atoms with E-state index < -0.39 is 0 Å². The van der Waals surface area contributed by atoms with Gasteiger partial charge in [0.15, 0.2) is 0 Å². The number of fused-ring (bicyclic) bond motifs is 1. The third-order valence-electron chi connectivity index (χ3n) is 5.21. The number of aryl methyl sites for hydroxylation is 1. The number of hydrogen-bond donors (Lipinski definition) is 0. The van der Waals surface area contributed by atoms with E-state index in [1.807, 2.05) is 30.5 Å². The Kier molecular flexibility index (Phi) is 4.12. The SMILES string of the molecule is Cc1ccccc1-c1noc2ncnc(N3CCN(c4ccccn4)CC3)c12. The molecule has 140 valence electrons. The number of piperazine rings is 1. The summed E-state index contributed by atoms with van der Waals surface area (Å²) in [7, 11) is 0. The Morgan fingerprint density at radius 2 is 1.64 bits per heavy atom. The smallest absolute Gasteiger partial charge is 0.263 e. The van der Waals surface area contributed by atoms with Gasteiger partial charge in [0.25, 0.3) is 5.71 Å². The summed E-state index contributed by atoms with van der Waals surface area (Å²) >= 11 is 0. The van der Waals surface area contributed by atoms with Crippen LogP contribution in [-0.2, 0) is 0 Å². The minimum Gasteiger partial charge on any atom is -0.353 e. The Labute approximate surface area is 162 Å². The average molecular weight is 372 g/mol. The van der Waals surface area contributed by atoms with Crippen molar-refractivity contribution < 1.29 is 4.52 Å². The van der Waals surface area contributed by atoms with Gasteiger partial charge in [-0.1, -0.05) is 35.5 Å². The molecule has 0 atom stereocenters. The first-order chi connectivity index (χ1) is 13.8. The summed E-state index contributed by atoms with van der Waals surface area (Å²) < 4.78 is 5.53. The van der Waals surface area contributed by atoms with Crippen molar-refractivity contribution in [2.45, 2.75) is 6.92 Å². The van der Waals surface area contributed by atoms with Gasteiger partial charge in [0.2, 0.25) is 0 Å². The molecule has 0 N–H and O–H groups in total. The summed E-state index contributed by atoms with van der Waals surface area (Å²) in [5, 5.41) is 5.20. The van der Waals surface area contributed by atoms with Crippen LogP contribution in [0, 0.1) is 6.92 Å². The van der Waals surface area contributed by atoms with Crippen molar-refractivity contribution in [1.82, 2.24) is 20.1 Å². The fourth-order valence-electron chi connectivity index (χ4n) is 3.72. The van der Waals surface area contributed by atoms with Crippen molar-refractivity contribution in [3.05, 3.63) is 60.6 Å². The van der Waals surface area contributed by atoms with E-state index in [2.05, 4.69) is 55.0 Å². The molecule has 1 aliphatic heterocycles. The second-order valence-corrected chi connectivity index (χ2v) is 6.89. The summed E-state index contributed by atoms with van der Waals surface area (Å²) in [4.78, 5) is 17.9. The molecule has 1 saturated heterocycles. The quantitative estimate of drug-likeness (QED) is 0.546. The Hall–Kier alpha value is -3.48. The molecule has 5 rings (SSSR count). The van der Waals surface area contributed by atoms with Crippen LogP contribution in [-0.4, -0.2) is 46.3 Å². The van der Waals surface area contributed by atoms with Crippen molar-refractivity contribution in [3.8, 4) is 11.3 Å². The van der Waals surface area contributed by atoms with E-state index in [1.165, 1.54) is 0 Å². The summed E-state index contributed by atoms with van der Waals surface area (Å²) in [6, 6.07) is 14.2. The normalized spacial score (nSPS) is 14.6. The van der Waals surface area contributed by atoms with E-state index in [1.54, 1.807) is 6.33 Å². The van der Waals surface area contributed by atoms with Gasteiger partial charge in [0.05, 0.1) is 0 Å². The Bertz CT molecular complexity index is 1100. The van der Waals surface area contributed by atoms with E-state index in [4.69, 9.17) is 4.52 Å². The number of hydrogen-bond acceptors (Lipinski definition) is 7. The predicted octanol–water partition coefficient (Wildman–Crippen LogP) is 3.31. The number of nitrogens with zero attached hydrogens (tertiary/aromatic N) is 6. The molecule has 1 fully saturated rings. The summed E-state index contributed by atoms with van der Waals surface area (Å²) in [5.41, 5.74) is 3.52. The highest BCUT2D eigenvalue weighted by molar-refractivity contribution is 5.98. The van der Waals surface area contributed by atoms with E-state index >= 15 is 0 Å². The molecule has 0 unspecified atom stereocenters. The zero-order valence-corrected chi connectivity index (χ0v) is 15.6.